The summed E-state index contributed by atoms with van der Waals surface area (Å²) in [5.74, 6) is 4.69. The van der Waals surface area contributed by atoms with Crippen LogP contribution >= 0.6 is 0 Å². The van der Waals surface area contributed by atoms with Crippen LogP contribution in [0.25, 0.3) is 0 Å². The Balaban J connectivity index is 2.38. The van der Waals surface area contributed by atoms with Crippen molar-refractivity contribution in [3.05, 3.63) is 35.9 Å². The third kappa shape index (κ3) is 2.59. The molecule has 1 aromatic carbocycles. The lowest BCUT2D eigenvalue weighted by atomic mass is 10.2. The van der Waals surface area contributed by atoms with E-state index in [-0.39, 0.29) is 6.61 Å². The monoisotopic (exact) mass is 165 g/mol. The summed E-state index contributed by atoms with van der Waals surface area (Å²) in [5.41, 5.74) is 3.75. The van der Waals surface area contributed by atoms with Crippen LogP contribution in [0.4, 0.5) is 4.79 Å². The van der Waals surface area contributed by atoms with E-state index < -0.39 is 6.09 Å². The quantitative estimate of drug-likeness (QED) is 0.400. The predicted octanol–water partition coefficient (Wildman–Crippen LogP) is 0.801. The number of rotatable bonds is 2. The number of benzene rings is 1. The van der Waals surface area contributed by atoms with Crippen LogP contribution in [-0.2, 0) is 11.3 Å². The van der Waals surface area contributed by atoms with Gasteiger partial charge in [0.05, 0.1) is 0 Å². The van der Waals surface area contributed by atoms with Gasteiger partial charge in [0.2, 0.25) is 0 Å². The van der Waals surface area contributed by atoms with Crippen LogP contribution in [0.15, 0.2) is 30.3 Å². The molecule has 4 heteroatoms. The van der Waals surface area contributed by atoms with E-state index in [0.29, 0.717) is 0 Å². The zero-order chi connectivity index (χ0) is 8.81. The summed E-state index contributed by atoms with van der Waals surface area (Å²) in [6, 6.07) is 9.32. The number of nitrogens with zero attached hydrogens (tertiary/aromatic N) is 1. The van der Waals surface area contributed by atoms with Crippen molar-refractivity contribution in [2.45, 2.75) is 6.61 Å². The summed E-state index contributed by atoms with van der Waals surface area (Å²) in [6.07, 6.45) is -0.751. The highest BCUT2D eigenvalue weighted by Crippen LogP contribution is 1.99. The average Bonchev–Trinajstić information content (AvgIpc) is 2.16. The van der Waals surface area contributed by atoms with E-state index in [2.05, 4.69) is 16.0 Å². The SMILES string of the molecule is N[N]C(=O)OCc1ccccc1. The molecular weight excluding hydrogens is 156 g/mol. The third-order valence-electron chi connectivity index (χ3n) is 1.31. The van der Waals surface area contributed by atoms with E-state index in [1.807, 2.05) is 30.3 Å². The van der Waals surface area contributed by atoms with Gasteiger partial charge in [0.1, 0.15) is 6.61 Å². The standard InChI is InChI=1S/C8H9N2O2/c9-10-8(11)12-6-7-4-2-1-3-5-7/h1-5H,6,9H2. The van der Waals surface area contributed by atoms with Crippen LogP contribution in [0.1, 0.15) is 5.56 Å². The zero-order valence-electron chi connectivity index (χ0n) is 6.43. The van der Waals surface area contributed by atoms with Crippen molar-refractivity contribution in [1.29, 1.82) is 0 Å². The van der Waals surface area contributed by atoms with E-state index in [4.69, 9.17) is 0 Å². The van der Waals surface area contributed by atoms with Crippen molar-refractivity contribution in [2.75, 3.05) is 0 Å². The highest BCUT2D eigenvalue weighted by atomic mass is 16.5. The van der Waals surface area contributed by atoms with Crippen molar-refractivity contribution >= 4 is 6.09 Å². The summed E-state index contributed by atoms with van der Waals surface area (Å²) in [5, 5.41) is 0. The molecule has 0 aliphatic carbocycles. The van der Waals surface area contributed by atoms with Crippen molar-refractivity contribution in [1.82, 2.24) is 5.43 Å². The van der Waals surface area contributed by atoms with Crippen LogP contribution in [0.2, 0.25) is 0 Å². The van der Waals surface area contributed by atoms with Gasteiger partial charge in [0, 0.05) is 0 Å². The van der Waals surface area contributed by atoms with Gasteiger partial charge in [-0.3, -0.25) is 0 Å². The van der Waals surface area contributed by atoms with Crippen LogP contribution < -0.4 is 11.3 Å². The van der Waals surface area contributed by atoms with Crippen LogP contribution in [0, 0.1) is 0 Å². The number of carbonyl (C=O) groups excluding carboxylic acids is 1. The smallest absolute Gasteiger partial charge is 0.442 e. The molecule has 0 aliphatic heterocycles. The first kappa shape index (κ1) is 8.55. The second-order valence-electron chi connectivity index (χ2n) is 2.17. The van der Waals surface area contributed by atoms with Gasteiger partial charge >= 0.3 is 6.09 Å². The normalized spacial score (nSPS) is 9.08. The lowest BCUT2D eigenvalue weighted by molar-refractivity contribution is 0.139. The van der Waals surface area contributed by atoms with Crippen LogP contribution in [-0.4, -0.2) is 6.09 Å². The minimum atomic E-state index is -0.751. The van der Waals surface area contributed by atoms with E-state index in [1.165, 1.54) is 0 Å². The topological polar surface area (TPSA) is 66.4 Å². The number of carbonyl (C=O) groups is 1. The minimum absolute atomic E-state index is 0.209. The summed E-state index contributed by atoms with van der Waals surface area (Å²) >= 11 is 0. The van der Waals surface area contributed by atoms with E-state index in [9.17, 15) is 4.79 Å². The Hall–Kier alpha value is -1.55. The number of hydrogen-bond donors (Lipinski definition) is 1. The van der Waals surface area contributed by atoms with Crippen molar-refractivity contribution in [3.8, 4) is 0 Å². The molecule has 1 radical (unpaired) electrons. The van der Waals surface area contributed by atoms with Crippen LogP contribution in [0.5, 0.6) is 0 Å². The summed E-state index contributed by atoms with van der Waals surface area (Å²) < 4.78 is 4.65. The second-order valence-corrected chi connectivity index (χ2v) is 2.17. The maximum Gasteiger partial charge on any atom is 0.445 e. The average molecular weight is 165 g/mol. The maximum atomic E-state index is 10.5. The molecule has 0 bridgehead atoms. The molecule has 0 aliphatic rings. The number of nitrogens with two attached hydrogens (primary N) is 1. The highest BCUT2D eigenvalue weighted by Gasteiger charge is 1.99. The fraction of sp³-hybridized carbons (Fsp3) is 0.125. The first-order valence-corrected chi connectivity index (χ1v) is 3.44. The van der Waals surface area contributed by atoms with Gasteiger partial charge in [0.15, 0.2) is 0 Å². The Kier molecular flexibility index (Phi) is 3.10. The summed E-state index contributed by atoms with van der Waals surface area (Å²) in [4.78, 5) is 10.5. The number of ether oxygens (including phenoxy) is 1. The van der Waals surface area contributed by atoms with Gasteiger partial charge in [-0.15, -0.1) is 5.43 Å². The fourth-order valence-electron chi connectivity index (χ4n) is 0.757. The van der Waals surface area contributed by atoms with E-state index in [1.54, 1.807) is 0 Å². The molecule has 0 saturated carbocycles. The first-order chi connectivity index (χ1) is 5.83. The van der Waals surface area contributed by atoms with Gasteiger partial charge < -0.3 is 4.74 Å². The van der Waals surface area contributed by atoms with Gasteiger partial charge in [-0.2, -0.15) is 0 Å². The van der Waals surface area contributed by atoms with Gasteiger partial charge in [-0.05, 0) is 5.56 Å². The minimum Gasteiger partial charge on any atom is -0.442 e. The molecule has 1 amide bonds. The molecule has 0 atom stereocenters. The molecule has 63 valence electrons. The molecule has 0 aromatic heterocycles. The molecule has 4 nitrogen and oxygen atoms in total. The fourth-order valence-corrected chi connectivity index (χ4v) is 0.757. The summed E-state index contributed by atoms with van der Waals surface area (Å²) in [6.45, 7) is 0.209. The largest absolute Gasteiger partial charge is 0.445 e. The van der Waals surface area contributed by atoms with Gasteiger partial charge in [-0.25, -0.2) is 10.6 Å². The Morgan fingerprint density at radius 3 is 2.67 bits per heavy atom. The molecule has 1 aromatic rings. The maximum absolute atomic E-state index is 10.5. The van der Waals surface area contributed by atoms with Crippen molar-refractivity contribution in [2.24, 2.45) is 5.84 Å². The Labute approximate surface area is 70.3 Å². The van der Waals surface area contributed by atoms with Crippen molar-refractivity contribution in [3.63, 3.8) is 0 Å². The lowest BCUT2D eigenvalue weighted by Gasteiger charge is -2.00. The molecule has 0 unspecified atom stereocenters. The van der Waals surface area contributed by atoms with E-state index in [0.717, 1.165) is 5.56 Å². The molecule has 0 saturated heterocycles. The van der Waals surface area contributed by atoms with Crippen molar-refractivity contribution < 1.29 is 9.53 Å². The van der Waals surface area contributed by atoms with E-state index >= 15 is 0 Å². The molecule has 1 rings (SSSR count). The molecular formula is C8H9N2O2. The molecule has 2 N–H and O–H groups in total. The second kappa shape index (κ2) is 4.35. The van der Waals surface area contributed by atoms with Gasteiger partial charge in [-0.1, -0.05) is 30.3 Å². The first-order valence-electron chi connectivity index (χ1n) is 3.44. The van der Waals surface area contributed by atoms with Gasteiger partial charge in [0.25, 0.3) is 0 Å². The molecule has 0 spiro atoms. The highest BCUT2D eigenvalue weighted by molar-refractivity contribution is 5.65. The van der Waals surface area contributed by atoms with Crippen LogP contribution in [0.3, 0.4) is 0 Å². The summed E-state index contributed by atoms with van der Waals surface area (Å²) in [7, 11) is 0. The number of hydrogen-bond acceptors (Lipinski definition) is 3. The zero-order valence-corrected chi connectivity index (χ0v) is 6.43. The third-order valence-corrected chi connectivity index (χ3v) is 1.31. The Morgan fingerprint density at radius 1 is 1.42 bits per heavy atom. The molecule has 0 fully saturated rings. The Morgan fingerprint density at radius 2 is 2.08 bits per heavy atom. The lowest BCUT2D eigenvalue weighted by Crippen LogP contribution is -2.22. The molecule has 12 heavy (non-hydrogen) atoms. The Bertz CT molecular complexity index is 248. The number of amides is 1. The molecule has 0 heterocycles. The predicted molar refractivity (Wildman–Crippen MR) is 42.9 cm³/mol.